The predicted octanol–water partition coefficient (Wildman–Crippen LogP) is 0.603. The molecule has 2 atom stereocenters. The molecule has 2 unspecified atom stereocenters. The van der Waals surface area contributed by atoms with Gasteiger partial charge in [0.25, 0.3) is 0 Å². The molecule has 0 heterocycles. The van der Waals surface area contributed by atoms with Crippen LogP contribution in [0.1, 0.15) is 41.3 Å². The van der Waals surface area contributed by atoms with Gasteiger partial charge in [-0.05, 0) is 5.56 Å². The Morgan fingerprint density at radius 1 is 0.905 bits per heavy atom. The van der Waals surface area contributed by atoms with Crippen LogP contribution in [0.4, 0.5) is 0 Å². The number of ketones is 1. The summed E-state index contributed by atoms with van der Waals surface area (Å²) in [6.45, 7) is 0. The SMILES string of the molecule is O=C(O)CCC(=O)c1ccc(C(O)C(O)CC(=O)O)cc1. The second-order valence-corrected chi connectivity index (χ2v) is 4.55. The van der Waals surface area contributed by atoms with E-state index in [9.17, 15) is 24.6 Å². The zero-order valence-corrected chi connectivity index (χ0v) is 11.1. The molecule has 0 radical (unpaired) electrons. The molecule has 0 saturated heterocycles. The van der Waals surface area contributed by atoms with Gasteiger partial charge in [0.15, 0.2) is 5.78 Å². The number of benzene rings is 1. The highest BCUT2D eigenvalue weighted by atomic mass is 16.4. The predicted molar refractivity (Wildman–Crippen MR) is 70.9 cm³/mol. The Bertz CT molecular complexity index is 521. The Balaban J connectivity index is 2.71. The second kappa shape index (κ2) is 7.51. The largest absolute Gasteiger partial charge is 0.481 e. The molecule has 0 saturated carbocycles. The van der Waals surface area contributed by atoms with Crippen molar-refractivity contribution in [3.63, 3.8) is 0 Å². The van der Waals surface area contributed by atoms with Gasteiger partial charge >= 0.3 is 11.9 Å². The molecule has 0 bridgehead atoms. The maximum absolute atomic E-state index is 11.7. The highest BCUT2D eigenvalue weighted by Gasteiger charge is 2.21. The van der Waals surface area contributed by atoms with Gasteiger partial charge in [-0.25, -0.2) is 0 Å². The van der Waals surface area contributed by atoms with Crippen molar-refractivity contribution in [1.29, 1.82) is 0 Å². The van der Waals surface area contributed by atoms with Gasteiger partial charge in [-0.3, -0.25) is 14.4 Å². The minimum atomic E-state index is -1.45. The molecule has 0 amide bonds. The van der Waals surface area contributed by atoms with Gasteiger partial charge < -0.3 is 20.4 Å². The zero-order chi connectivity index (χ0) is 16.0. The number of carbonyl (C=O) groups excluding carboxylic acids is 1. The lowest BCUT2D eigenvalue weighted by Gasteiger charge is -2.16. The number of aliphatic hydroxyl groups excluding tert-OH is 2. The Morgan fingerprint density at radius 3 is 1.95 bits per heavy atom. The lowest BCUT2D eigenvalue weighted by atomic mass is 9.99. The lowest BCUT2D eigenvalue weighted by molar-refractivity contribution is -0.141. The van der Waals surface area contributed by atoms with E-state index >= 15 is 0 Å². The lowest BCUT2D eigenvalue weighted by Crippen LogP contribution is -2.21. The van der Waals surface area contributed by atoms with Gasteiger partial charge in [0.2, 0.25) is 0 Å². The quantitative estimate of drug-likeness (QED) is 0.516. The number of carbonyl (C=O) groups is 3. The normalized spacial score (nSPS) is 13.4. The van der Waals surface area contributed by atoms with Gasteiger partial charge in [0.05, 0.1) is 18.9 Å². The summed E-state index contributed by atoms with van der Waals surface area (Å²) in [6, 6.07) is 5.58. The van der Waals surface area contributed by atoms with Crippen LogP contribution >= 0.6 is 0 Å². The number of Topliss-reactive ketones (excluding diaryl/α,β-unsaturated/α-hetero) is 1. The second-order valence-electron chi connectivity index (χ2n) is 4.55. The van der Waals surface area contributed by atoms with E-state index in [4.69, 9.17) is 10.2 Å². The van der Waals surface area contributed by atoms with E-state index in [2.05, 4.69) is 0 Å². The number of aliphatic hydroxyl groups is 2. The van der Waals surface area contributed by atoms with Crippen LogP contribution in [-0.4, -0.2) is 44.3 Å². The van der Waals surface area contributed by atoms with Crippen molar-refractivity contribution in [3.05, 3.63) is 35.4 Å². The number of carboxylic acid groups (broad SMARTS) is 2. The first-order valence-corrected chi connectivity index (χ1v) is 6.24. The average molecular weight is 296 g/mol. The molecule has 21 heavy (non-hydrogen) atoms. The minimum Gasteiger partial charge on any atom is -0.481 e. The van der Waals surface area contributed by atoms with E-state index in [-0.39, 0.29) is 24.2 Å². The Kier molecular flexibility index (Phi) is 6.01. The Hall–Kier alpha value is -2.25. The molecule has 7 heteroatoms. The van der Waals surface area contributed by atoms with Gasteiger partial charge in [-0.15, -0.1) is 0 Å². The van der Waals surface area contributed by atoms with Gasteiger partial charge in [-0.1, -0.05) is 24.3 Å². The van der Waals surface area contributed by atoms with Crippen LogP contribution in [0, 0.1) is 0 Å². The maximum atomic E-state index is 11.7. The zero-order valence-electron chi connectivity index (χ0n) is 11.1. The van der Waals surface area contributed by atoms with Crippen LogP contribution in [0.15, 0.2) is 24.3 Å². The van der Waals surface area contributed by atoms with Crippen molar-refractivity contribution < 1.29 is 34.8 Å². The van der Waals surface area contributed by atoms with Crippen molar-refractivity contribution in [2.75, 3.05) is 0 Å². The van der Waals surface area contributed by atoms with Crippen LogP contribution in [-0.2, 0) is 9.59 Å². The summed E-state index contributed by atoms with van der Waals surface area (Å²) < 4.78 is 0. The van der Waals surface area contributed by atoms with Crippen LogP contribution in [0.2, 0.25) is 0 Å². The molecule has 1 aromatic rings. The Morgan fingerprint density at radius 2 is 1.48 bits per heavy atom. The third kappa shape index (κ3) is 5.33. The Labute approximate surface area is 120 Å². The van der Waals surface area contributed by atoms with Gasteiger partial charge in [0.1, 0.15) is 6.10 Å². The average Bonchev–Trinajstić information content (AvgIpc) is 2.43. The minimum absolute atomic E-state index is 0.126. The fourth-order valence-electron chi connectivity index (χ4n) is 1.74. The third-order valence-corrected chi connectivity index (χ3v) is 2.89. The molecule has 114 valence electrons. The van der Waals surface area contributed by atoms with Crippen molar-refractivity contribution >= 4 is 17.7 Å². The molecule has 0 aliphatic heterocycles. The molecule has 7 nitrogen and oxygen atoms in total. The first-order valence-electron chi connectivity index (χ1n) is 6.24. The summed E-state index contributed by atoms with van der Waals surface area (Å²) in [4.78, 5) is 32.5. The summed E-state index contributed by atoms with van der Waals surface area (Å²) in [5, 5.41) is 36.3. The molecule has 0 aliphatic rings. The summed E-state index contributed by atoms with van der Waals surface area (Å²) in [5.41, 5.74) is 0.568. The van der Waals surface area contributed by atoms with Crippen molar-refractivity contribution in [2.24, 2.45) is 0 Å². The molecule has 0 aromatic heterocycles. The fourth-order valence-corrected chi connectivity index (χ4v) is 1.74. The van der Waals surface area contributed by atoms with Gasteiger partial charge in [-0.2, -0.15) is 0 Å². The van der Waals surface area contributed by atoms with E-state index in [1.807, 2.05) is 0 Å². The first-order chi connectivity index (χ1) is 9.81. The number of hydrogen-bond acceptors (Lipinski definition) is 5. The third-order valence-electron chi connectivity index (χ3n) is 2.89. The van der Waals surface area contributed by atoms with E-state index in [1.54, 1.807) is 0 Å². The number of hydrogen-bond donors (Lipinski definition) is 4. The van der Waals surface area contributed by atoms with E-state index in [0.717, 1.165) is 0 Å². The molecule has 1 aromatic carbocycles. The topological polar surface area (TPSA) is 132 Å². The standard InChI is InChI=1S/C14H16O7/c15-10(5-6-12(17)18)8-1-3-9(4-2-8)14(21)11(16)7-13(19)20/h1-4,11,14,16,21H,5-7H2,(H,17,18)(H,19,20). The fraction of sp³-hybridized carbons (Fsp3) is 0.357. The van der Waals surface area contributed by atoms with Crippen LogP contribution < -0.4 is 0 Å². The summed E-state index contributed by atoms with van der Waals surface area (Å²) >= 11 is 0. The molecular weight excluding hydrogens is 280 g/mol. The molecule has 0 spiro atoms. The molecular formula is C14H16O7. The first kappa shape index (κ1) is 16.8. The number of carboxylic acids is 2. The van der Waals surface area contributed by atoms with Crippen LogP contribution in [0.25, 0.3) is 0 Å². The monoisotopic (exact) mass is 296 g/mol. The van der Waals surface area contributed by atoms with Crippen molar-refractivity contribution in [1.82, 2.24) is 0 Å². The summed E-state index contributed by atoms with van der Waals surface area (Å²) in [6.07, 6.45) is -3.81. The van der Waals surface area contributed by atoms with Gasteiger partial charge in [0, 0.05) is 12.0 Å². The highest BCUT2D eigenvalue weighted by molar-refractivity contribution is 5.97. The summed E-state index contributed by atoms with van der Waals surface area (Å²) in [5.74, 6) is -2.64. The van der Waals surface area contributed by atoms with Crippen molar-refractivity contribution in [3.8, 4) is 0 Å². The summed E-state index contributed by atoms with van der Waals surface area (Å²) in [7, 11) is 0. The molecule has 0 fully saturated rings. The highest BCUT2D eigenvalue weighted by Crippen LogP contribution is 2.20. The molecule has 1 rings (SSSR count). The molecule has 4 N–H and O–H groups in total. The van der Waals surface area contributed by atoms with E-state index in [0.29, 0.717) is 5.56 Å². The maximum Gasteiger partial charge on any atom is 0.306 e. The molecule has 0 aliphatic carbocycles. The van der Waals surface area contributed by atoms with E-state index < -0.39 is 30.6 Å². The smallest absolute Gasteiger partial charge is 0.306 e. The van der Waals surface area contributed by atoms with Crippen LogP contribution in [0.3, 0.4) is 0 Å². The van der Waals surface area contributed by atoms with Crippen molar-refractivity contribution in [2.45, 2.75) is 31.5 Å². The number of aliphatic carboxylic acids is 2. The van der Waals surface area contributed by atoms with Crippen LogP contribution in [0.5, 0.6) is 0 Å². The number of rotatable bonds is 8. The van der Waals surface area contributed by atoms with E-state index in [1.165, 1.54) is 24.3 Å².